The summed E-state index contributed by atoms with van der Waals surface area (Å²) in [5.41, 5.74) is 5.32. The second-order valence-electron chi connectivity index (χ2n) is 4.52. The molecule has 1 aliphatic rings. The number of primary amides is 1. The van der Waals surface area contributed by atoms with Crippen molar-refractivity contribution in [2.45, 2.75) is 19.8 Å². The van der Waals surface area contributed by atoms with Gasteiger partial charge in [-0.05, 0) is 12.8 Å². The molecule has 6 heteroatoms. The summed E-state index contributed by atoms with van der Waals surface area (Å²) in [7, 11) is 0. The van der Waals surface area contributed by atoms with Gasteiger partial charge in [0.05, 0.1) is 5.92 Å². The lowest BCUT2D eigenvalue weighted by Crippen LogP contribution is -2.27. The van der Waals surface area contributed by atoms with Crippen LogP contribution in [-0.4, -0.2) is 35.5 Å². The standard InChI is InChI=1S/C12H19N5O/c1-2-4-14-10-6-11(16-8-15-10)17-5-3-9(7-17)12(13)18/h6,8-9H,2-5,7H2,1H3,(H2,13,18)(H,14,15,16). The van der Waals surface area contributed by atoms with Crippen molar-refractivity contribution in [2.24, 2.45) is 11.7 Å². The molecule has 18 heavy (non-hydrogen) atoms. The van der Waals surface area contributed by atoms with Crippen molar-refractivity contribution in [1.82, 2.24) is 9.97 Å². The van der Waals surface area contributed by atoms with Crippen LogP contribution in [0.5, 0.6) is 0 Å². The van der Waals surface area contributed by atoms with Crippen LogP contribution in [0, 0.1) is 5.92 Å². The molecule has 0 aromatic carbocycles. The molecule has 1 unspecified atom stereocenters. The van der Waals surface area contributed by atoms with Gasteiger partial charge in [-0.1, -0.05) is 6.92 Å². The number of carbonyl (C=O) groups is 1. The van der Waals surface area contributed by atoms with E-state index >= 15 is 0 Å². The first-order valence-electron chi connectivity index (χ1n) is 6.31. The molecule has 1 fully saturated rings. The molecule has 0 bridgehead atoms. The van der Waals surface area contributed by atoms with Crippen molar-refractivity contribution in [3.63, 3.8) is 0 Å². The van der Waals surface area contributed by atoms with Crippen molar-refractivity contribution in [3.05, 3.63) is 12.4 Å². The van der Waals surface area contributed by atoms with Crippen molar-refractivity contribution in [3.8, 4) is 0 Å². The second-order valence-corrected chi connectivity index (χ2v) is 4.52. The number of rotatable bonds is 5. The third-order valence-corrected chi connectivity index (χ3v) is 3.12. The number of amides is 1. The fraction of sp³-hybridized carbons (Fsp3) is 0.583. The number of nitrogens with two attached hydrogens (primary N) is 1. The van der Waals surface area contributed by atoms with E-state index in [1.54, 1.807) is 6.33 Å². The van der Waals surface area contributed by atoms with Gasteiger partial charge in [0.2, 0.25) is 5.91 Å². The van der Waals surface area contributed by atoms with E-state index in [0.29, 0.717) is 6.54 Å². The molecule has 3 N–H and O–H groups in total. The van der Waals surface area contributed by atoms with E-state index in [1.165, 1.54) is 0 Å². The molecule has 2 rings (SSSR count). The Morgan fingerprint density at radius 2 is 2.44 bits per heavy atom. The van der Waals surface area contributed by atoms with Gasteiger partial charge >= 0.3 is 0 Å². The fourth-order valence-corrected chi connectivity index (χ4v) is 2.07. The number of carbonyl (C=O) groups excluding carboxylic acids is 1. The van der Waals surface area contributed by atoms with Crippen molar-refractivity contribution in [2.75, 3.05) is 29.9 Å². The molecule has 1 atom stereocenters. The number of hydrogen-bond donors (Lipinski definition) is 2. The fourth-order valence-electron chi connectivity index (χ4n) is 2.07. The normalized spacial score (nSPS) is 18.9. The first-order chi connectivity index (χ1) is 8.70. The number of nitrogens with one attached hydrogen (secondary N) is 1. The molecule has 0 spiro atoms. The summed E-state index contributed by atoms with van der Waals surface area (Å²) >= 11 is 0. The number of nitrogens with zero attached hydrogens (tertiary/aromatic N) is 3. The molecular formula is C12H19N5O. The maximum Gasteiger partial charge on any atom is 0.222 e. The minimum atomic E-state index is -0.226. The minimum absolute atomic E-state index is 0.0629. The summed E-state index contributed by atoms with van der Waals surface area (Å²) in [6, 6.07) is 1.92. The molecular weight excluding hydrogens is 230 g/mol. The van der Waals surface area contributed by atoms with E-state index < -0.39 is 0 Å². The number of anilines is 2. The molecule has 1 aromatic heterocycles. The Labute approximate surface area is 107 Å². The third kappa shape index (κ3) is 2.88. The Kier molecular flexibility index (Phi) is 3.96. The molecule has 0 radical (unpaired) electrons. The molecule has 1 amide bonds. The van der Waals surface area contributed by atoms with Gasteiger partial charge in [0.1, 0.15) is 18.0 Å². The summed E-state index contributed by atoms with van der Waals surface area (Å²) in [5.74, 6) is 1.39. The lowest BCUT2D eigenvalue weighted by molar-refractivity contribution is -0.121. The first kappa shape index (κ1) is 12.6. The van der Waals surface area contributed by atoms with Crippen LogP contribution in [0.25, 0.3) is 0 Å². The Bertz CT molecular complexity index is 423. The van der Waals surface area contributed by atoms with Crippen LogP contribution in [0.1, 0.15) is 19.8 Å². The Morgan fingerprint density at radius 3 is 3.11 bits per heavy atom. The first-order valence-corrected chi connectivity index (χ1v) is 6.31. The predicted octanol–water partition coefficient (Wildman–Crippen LogP) is 0.610. The largest absolute Gasteiger partial charge is 0.370 e. The number of hydrogen-bond acceptors (Lipinski definition) is 5. The average Bonchev–Trinajstić information content (AvgIpc) is 2.86. The van der Waals surface area contributed by atoms with Crippen LogP contribution < -0.4 is 16.0 Å². The van der Waals surface area contributed by atoms with Crippen LogP contribution >= 0.6 is 0 Å². The summed E-state index contributed by atoms with van der Waals surface area (Å²) in [6.45, 7) is 4.46. The summed E-state index contributed by atoms with van der Waals surface area (Å²) < 4.78 is 0. The van der Waals surface area contributed by atoms with Gasteiger partial charge in [-0.25, -0.2) is 9.97 Å². The Balaban J connectivity index is 2.03. The summed E-state index contributed by atoms with van der Waals surface area (Å²) in [6.07, 6.45) is 3.40. The maximum atomic E-state index is 11.1. The summed E-state index contributed by atoms with van der Waals surface area (Å²) in [5, 5.41) is 3.22. The highest BCUT2D eigenvalue weighted by molar-refractivity contribution is 5.78. The van der Waals surface area contributed by atoms with Crippen molar-refractivity contribution >= 4 is 17.5 Å². The third-order valence-electron chi connectivity index (χ3n) is 3.12. The Morgan fingerprint density at radius 1 is 1.61 bits per heavy atom. The average molecular weight is 249 g/mol. The topological polar surface area (TPSA) is 84.1 Å². The zero-order chi connectivity index (χ0) is 13.0. The zero-order valence-electron chi connectivity index (χ0n) is 10.6. The molecule has 0 saturated carbocycles. The zero-order valence-corrected chi connectivity index (χ0v) is 10.6. The van der Waals surface area contributed by atoms with E-state index in [4.69, 9.17) is 5.73 Å². The van der Waals surface area contributed by atoms with Gasteiger partial charge in [0.15, 0.2) is 0 Å². The van der Waals surface area contributed by atoms with E-state index in [0.717, 1.165) is 37.6 Å². The highest BCUT2D eigenvalue weighted by Crippen LogP contribution is 2.22. The molecule has 2 heterocycles. The lowest BCUT2D eigenvalue weighted by Gasteiger charge is -2.17. The van der Waals surface area contributed by atoms with Gasteiger partial charge in [-0.2, -0.15) is 0 Å². The van der Waals surface area contributed by atoms with Gasteiger partial charge in [-0.15, -0.1) is 0 Å². The molecule has 6 nitrogen and oxygen atoms in total. The van der Waals surface area contributed by atoms with Gasteiger partial charge in [-0.3, -0.25) is 4.79 Å². The van der Waals surface area contributed by atoms with Gasteiger partial charge in [0.25, 0.3) is 0 Å². The van der Waals surface area contributed by atoms with Crippen molar-refractivity contribution < 1.29 is 4.79 Å². The van der Waals surface area contributed by atoms with Crippen LogP contribution in [0.3, 0.4) is 0 Å². The van der Waals surface area contributed by atoms with Gasteiger partial charge < -0.3 is 16.0 Å². The van der Waals surface area contributed by atoms with Crippen LogP contribution in [0.15, 0.2) is 12.4 Å². The van der Waals surface area contributed by atoms with Crippen molar-refractivity contribution in [1.29, 1.82) is 0 Å². The van der Waals surface area contributed by atoms with Gasteiger partial charge in [0, 0.05) is 25.7 Å². The van der Waals surface area contributed by atoms with E-state index in [9.17, 15) is 4.79 Å². The van der Waals surface area contributed by atoms with Crippen LogP contribution in [-0.2, 0) is 4.79 Å². The monoisotopic (exact) mass is 249 g/mol. The maximum absolute atomic E-state index is 11.1. The highest BCUT2D eigenvalue weighted by atomic mass is 16.1. The summed E-state index contributed by atoms with van der Waals surface area (Å²) in [4.78, 5) is 21.6. The Hall–Kier alpha value is -1.85. The quantitative estimate of drug-likeness (QED) is 0.798. The molecule has 0 aliphatic carbocycles. The SMILES string of the molecule is CCCNc1cc(N2CCC(C(N)=O)C2)ncn1. The minimum Gasteiger partial charge on any atom is -0.370 e. The van der Waals surface area contributed by atoms with Crippen LogP contribution in [0.4, 0.5) is 11.6 Å². The lowest BCUT2D eigenvalue weighted by atomic mass is 10.1. The molecule has 1 aliphatic heterocycles. The predicted molar refractivity (Wildman–Crippen MR) is 70.3 cm³/mol. The molecule has 98 valence electrons. The van der Waals surface area contributed by atoms with E-state index in [2.05, 4.69) is 27.1 Å². The molecule has 1 saturated heterocycles. The highest BCUT2D eigenvalue weighted by Gasteiger charge is 2.27. The van der Waals surface area contributed by atoms with Crippen LogP contribution in [0.2, 0.25) is 0 Å². The smallest absolute Gasteiger partial charge is 0.222 e. The number of aromatic nitrogens is 2. The molecule has 1 aromatic rings. The van der Waals surface area contributed by atoms with E-state index in [1.807, 2.05) is 6.07 Å². The van der Waals surface area contributed by atoms with E-state index in [-0.39, 0.29) is 11.8 Å². The second kappa shape index (κ2) is 5.66.